The Hall–Kier alpha value is -1.18. The van der Waals surface area contributed by atoms with E-state index in [4.69, 9.17) is 0 Å². The van der Waals surface area contributed by atoms with Gasteiger partial charge in [0.2, 0.25) is 0 Å². The maximum absolute atomic E-state index is 9.49. The molecule has 0 aromatic heterocycles. The fraction of sp³-hybridized carbons (Fsp3) is 0.600. The third-order valence-corrected chi connectivity index (χ3v) is 4.17. The second-order valence-corrected chi connectivity index (χ2v) is 5.99. The molecule has 1 atom stereocenters. The first-order valence-electron chi connectivity index (χ1n) is 6.49. The van der Waals surface area contributed by atoms with Gasteiger partial charge in [-0.2, -0.15) is 0 Å². The number of rotatable bonds is 2. The van der Waals surface area contributed by atoms with E-state index in [1.807, 2.05) is 0 Å². The van der Waals surface area contributed by atoms with Crippen LogP contribution in [0.3, 0.4) is 0 Å². The van der Waals surface area contributed by atoms with Crippen LogP contribution in [-0.2, 0) is 6.42 Å². The van der Waals surface area contributed by atoms with Crippen LogP contribution in [0.15, 0.2) is 18.2 Å². The topological polar surface area (TPSA) is 40.5 Å². The van der Waals surface area contributed by atoms with Crippen molar-refractivity contribution in [3.05, 3.63) is 23.8 Å². The van der Waals surface area contributed by atoms with Gasteiger partial charge in [0.15, 0.2) is 0 Å². The maximum atomic E-state index is 9.49. The molecule has 0 saturated heterocycles. The molecule has 2 N–H and O–H groups in total. The normalized spacial score (nSPS) is 23.5. The monoisotopic (exact) mass is 234 g/mol. The fourth-order valence-corrected chi connectivity index (χ4v) is 3.00. The van der Waals surface area contributed by atoms with Crippen LogP contribution in [0.2, 0.25) is 0 Å². The average molecular weight is 234 g/mol. The summed E-state index contributed by atoms with van der Waals surface area (Å²) in [4.78, 5) is 0. The third kappa shape index (κ3) is 2.93. The maximum Gasteiger partial charge on any atom is 0.119 e. The molecular weight excluding hydrogens is 212 g/mol. The molecule has 1 aromatic carbocycles. The minimum absolute atomic E-state index is 0.161. The van der Waals surface area contributed by atoms with E-state index in [-0.39, 0.29) is 11.5 Å². The quantitative estimate of drug-likeness (QED) is 0.815. The van der Waals surface area contributed by atoms with Crippen molar-refractivity contribution in [2.24, 2.45) is 11.3 Å². The van der Waals surface area contributed by atoms with Crippen molar-refractivity contribution in [3.8, 4) is 11.5 Å². The standard InChI is InChI=1S/C15H22O2/c1-15(2)6-4-3-5-12(15)7-11-8-13(16)10-14(17)9-11/h8-10,12,16-17H,3-7H2,1-2H3. The summed E-state index contributed by atoms with van der Waals surface area (Å²) in [6.45, 7) is 4.67. The molecule has 2 rings (SSSR count). The molecule has 1 aromatic rings. The highest BCUT2D eigenvalue weighted by molar-refractivity contribution is 5.36. The molecular formula is C15H22O2. The van der Waals surface area contributed by atoms with Crippen LogP contribution in [0.25, 0.3) is 0 Å². The number of phenols is 2. The van der Waals surface area contributed by atoms with E-state index in [0.717, 1.165) is 12.0 Å². The summed E-state index contributed by atoms with van der Waals surface area (Å²) in [6, 6.07) is 4.92. The van der Waals surface area contributed by atoms with Crippen LogP contribution in [0.4, 0.5) is 0 Å². The van der Waals surface area contributed by atoms with Gasteiger partial charge in [-0.15, -0.1) is 0 Å². The number of phenolic OH excluding ortho intramolecular Hbond substituents is 2. The predicted octanol–water partition coefficient (Wildman–Crippen LogP) is 3.86. The zero-order valence-electron chi connectivity index (χ0n) is 10.7. The lowest BCUT2D eigenvalue weighted by Crippen LogP contribution is -2.29. The highest BCUT2D eigenvalue weighted by atomic mass is 16.3. The van der Waals surface area contributed by atoms with Crippen LogP contribution in [0.1, 0.15) is 45.1 Å². The van der Waals surface area contributed by atoms with E-state index in [1.165, 1.54) is 31.7 Å². The van der Waals surface area contributed by atoms with Crippen LogP contribution in [-0.4, -0.2) is 10.2 Å². The molecule has 2 heteroatoms. The van der Waals surface area contributed by atoms with Crippen molar-refractivity contribution in [1.29, 1.82) is 0 Å². The SMILES string of the molecule is CC1(C)CCCCC1Cc1cc(O)cc(O)c1. The van der Waals surface area contributed by atoms with Gasteiger partial charge in [-0.1, -0.05) is 26.7 Å². The third-order valence-electron chi connectivity index (χ3n) is 4.17. The van der Waals surface area contributed by atoms with Crippen LogP contribution >= 0.6 is 0 Å². The lowest BCUT2D eigenvalue weighted by atomic mass is 9.67. The first-order chi connectivity index (χ1) is 7.97. The Labute approximate surface area is 103 Å². The summed E-state index contributed by atoms with van der Waals surface area (Å²) < 4.78 is 0. The van der Waals surface area contributed by atoms with Gasteiger partial charge in [-0.3, -0.25) is 0 Å². The zero-order valence-corrected chi connectivity index (χ0v) is 10.7. The van der Waals surface area contributed by atoms with Crippen molar-refractivity contribution >= 4 is 0 Å². The molecule has 0 bridgehead atoms. The zero-order chi connectivity index (χ0) is 12.5. The van der Waals surface area contributed by atoms with Gasteiger partial charge in [-0.25, -0.2) is 0 Å². The minimum Gasteiger partial charge on any atom is -0.508 e. The Morgan fingerprint density at radius 1 is 1.12 bits per heavy atom. The second kappa shape index (κ2) is 4.59. The second-order valence-electron chi connectivity index (χ2n) is 5.99. The van der Waals surface area contributed by atoms with Crippen LogP contribution < -0.4 is 0 Å². The smallest absolute Gasteiger partial charge is 0.119 e. The van der Waals surface area contributed by atoms with Gasteiger partial charge in [-0.05, 0) is 48.3 Å². The molecule has 0 amide bonds. The number of hydrogen-bond acceptors (Lipinski definition) is 2. The summed E-state index contributed by atoms with van der Waals surface area (Å²) >= 11 is 0. The molecule has 0 radical (unpaired) electrons. The number of hydrogen-bond donors (Lipinski definition) is 2. The van der Waals surface area contributed by atoms with Crippen molar-refractivity contribution in [1.82, 2.24) is 0 Å². The lowest BCUT2D eigenvalue weighted by Gasteiger charge is -2.39. The first-order valence-corrected chi connectivity index (χ1v) is 6.49. The van der Waals surface area contributed by atoms with E-state index in [2.05, 4.69) is 13.8 Å². The molecule has 1 aliphatic rings. The summed E-state index contributed by atoms with van der Waals surface area (Å²) in [5.74, 6) is 0.972. The highest BCUT2D eigenvalue weighted by Crippen LogP contribution is 2.42. The van der Waals surface area contributed by atoms with Crippen molar-refractivity contribution in [2.75, 3.05) is 0 Å². The molecule has 0 heterocycles. The largest absolute Gasteiger partial charge is 0.508 e. The van der Waals surface area contributed by atoms with Crippen LogP contribution in [0.5, 0.6) is 11.5 Å². The summed E-state index contributed by atoms with van der Waals surface area (Å²) in [7, 11) is 0. The van der Waals surface area contributed by atoms with Gasteiger partial charge >= 0.3 is 0 Å². The number of aromatic hydroxyl groups is 2. The Morgan fingerprint density at radius 2 is 1.76 bits per heavy atom. The molecule has 1 saturated carbocycles. The Morgan fingerprint density at radius 3 is 2.35 bits per heavy atom. The molecule has 2 nitrogen and oxygen atoms in total. The first kappa shape index (κ1) is 12.3. The molecule has 1 unspecified atom stereocenters. The van der Waals surface area contributed by atoms with Gasteiger partial charge in [0.05, 0.1) is 0 Å². The molecule has 0 spiro atoms. The summed E-state index contributed by atoms with van der Waals surface area (Å²) in [5.41, 5.74) is 1.42. The Balaban J connectivity index is 2.14. The van der Waals surface area contributed by atoms with Crippen LogP contribution in [0, 0.1) is 11.3 Å². The van der Waals surface area contributed by atoms with E-state index in [1.54, 1.807) is 12.1 Å². The van der Waals surface area contributed by atoms with Crippen molar-refractivity contribution in [3.63, 3.8) is 0 Å². The van der Waals surface area contributed by atoms with E-state index in [0.29, 0.717) is 11.3 Å². The molecule has 17 heavy (non-hydrogen) atoms. The Kier molecular flexibility index (Phi) is 3.32. The number of benzene rings is 1. The highest BCUT2D eigenvalue weighted by Gasteiger charge is 2.31. The molecule has 0 aliphatic heterocycles. The Bertz CT molecular complexity index is 376. The van der Waals surface area contributed by atoms with E-state index < -0.39 is 0 Å². The molecule has 1 fully saturated rings. The average Bonchev–Trinajstić information content (AvgIpc) is 2.19. The summed E-state index contributed by atoms with van der Waals surface area (Å²) in [5, 5.41) is 19.0. The molecule has 94 valence electrons. The van der Waals surface area contributed by atoms with Gasteiger partial charge in [0, 0.05) is 6.07 Å². The van der Waals surface area contributed by atoms with Gasteiger partial charge in [0.25, 0.3) is 0 Å². The van der Waals surface area contributed by atoms with Gasteiger partial charge < -0.3 is 10.2 Å². The summed E-state index contributed by atoms with van der Waals surface area (Å²) in [6.07, 6.45) is 6.12. The van der Waals surface area contributed by atoms with E-state index in [9.17, 15) is 10.2 Å². The minimum atomic E-state index is 0.161. The van der Waals surface area contributed by atoms with Gasteiger partial charge in [0.1, 0.15) is 11.5 Å². The lowest BCUT2D eigenvalue weighted by molar-refractivity contribution is 0.137. The fourth-order valence-electron chi connectivity index (χ4n) is 3.00. The predicted molar refractivity (Wildman–Crippen MR) is 69.2 cm³/mol. The van der Waals surface area contributed by atoms with Crippen molar-refractivity contribution < 1.29 is 10.2 Å². The van der Waals surface area contributed by atoms with Crippen molar-refractivity contribution in [2.45, 2.75) is 46.0 Å². The molecule has 1 aliphatic carbocycles. The van der Waals surface area contributed by atoms with E-state index >= 15 is 0 Å².